The Morgan fingerprint density at radius 2 is 1.95 bits per heavy atom. The van der Waals surface area contributed by atoms with Crippen LogP contribution in [0.3, 0.4) is 0 Å². The number of hydrogen-bond acceptors (Lipinski definition) is 4. The highest BCUT2D eigenvalue weighted by molar-refractivity contribution is 5.82. The van der Waals surface area contributed by atoms with Crippen LogP contribution in [0.4, 0.5) is 0 Å². The summed E-state index contributed by atoms with van der Waals surface area (Å²) >= 11 is 0. The Hall–Kier alpha value is -1.65. The minimum Gasteiger partial charge on any atom is -0.474 e. The average molecular weight is 287 g/mol. The summed E-state index contributed by atoms with van der Waals surface area (Å²) in [7, 11) is 0. The molecule has 2 aromatic rings. The lowest BCUT2D eigenvalue weighted by Crippen LogP contribution is -2.35. The summed E-state index contributed by atoms with van der Waals surface area (Å²) < 4.78 is 11.8. The van der Waals surface area contributed by atoms with Crippen molar-refractivity contribution < 1.29 is 14.6 Å². The number of pyridine rings is 1. The van der Waals surface area contributed by atoms with Gasteiger partial charge in [0.25, 0.3) is 0 Å². The number of rotatable bonds is 3. The Balaban J connectivity index is 1.87. The molecule has 4 heteroatoms. The number of para-hydroxylation sites is 1. The van der Waals surface area contributed by atoms with E-state index in [2.05, 4.69) is 18.8 Å². The molecular weight excluding hydrogens is 266 g/mol. The molecule has 3 rings (SSSR count). The van der Waals surface area contributed by atoms with Crippen molar-refractivity contribution in [3.05, 3.63) is 35.9 Å². The van der Waals surface area contributed by atoms with E-state index in [1.54, 1.807) is 0 Å². The number of ether oxygens (including phenoxy) is 2. The highest BCUT2D eigenvalue weighted by Gasteiger charge is 2.26. The van der Waals surface area contributed by atoms with E-state index in [4.69, 9.17) is 9.47 Å². The van der Waals surface area contributed by atoms with Crippen LogP contribution in [0, 0.1) is 0 Å². The van der Waals surface area contributed by atoms with Gasteiger partial charge in [-0.3, -0.25) is 0 Å². The summed E-state index contributed by atoms with van der Waals surface area (Å²) in [6.07, 6.45) is 2.26. The zero-order valence-electron chi connectivity index (χ0n) is 12.5. The summed E-state index contributed by atoms with van der Waals surface area (Å²) in [5.74, 6) is 0.587. The lowest BCUT2D eigenvalue weighted by Gasteiger charge is -2.32. The van der Waals surface area contributed by atoms with Crippen LogP contribution in [0.5, 0.6) is 5.88 Å². The van der Waals surface area contributed by atoms with Crippen LogP contribution in [-0.4, -0.2) is 28.4 Å². The molecule has 0 amide bonds. The first kappa shape index (κ1) is 14.3. The first-order valence-electron chi connectivity index (χ1n) is 7.47. The number of aliphatic hydroxyl groups excluding tert-OH is 1. The first-order chi connectivity index (χ1) is 10.2. The molecule has 0 aliphatic carbocycles. The Bertz CT molecular complexity index is 618. The highest BCUT2D eigenvalue weighted by Crippen LogP contribution is 2.26. The van der Waals surface area contributed by atoms with E-state index >= 15 is 0 Å². The molecule has 1 N–H and O–H groups in total. The Kier molecular flexibility index (Phi) is 4.08. The molecular formula is C17H21NO3. The zero-order valence-corrected chi connectivity index (χ0v) is 12.5. The maximum Gasteiger partial charge on any atom is 0.214 e. The van der Waals surface area contributed by atoms with E-state index < -0.39 is 0 Å². The maximum atomic E-state index is 9.55. The molecule has 1 fully saturated rings. The van der Waals surface area contributed by atoms with Crippen LogP contribution < -0.4 is 4.74 Å². The second kappa shape index (κ2) is 6.00. The maximum absolute atomic E-state index is 9.55. The second-order valence-corrected chi connectivity index (χ2v) is 5.76. The van der Waals surface area contributed by atoms with Crippen LogP contribution in [0.1, 0.15) is 32.3 Å². The Morgan fingerprint density at radius 3 is 2.67 bits per heavy atom. The lowest BCUT2D eigenvalue weighted by molar-refractivity contribution is -0.0729. The van der Waals surface area contributed by atoms with Crippen molar-refractivity contribution in [3.63, 3.8) is 0 Å². The second-order valence-electron chi connectivity index (χ2n) is 5.76. The number of hydrogen-bond donors (Lipinski definition) is 1. The van der Waals surface area contributed by atoms with Crippen LogP contribution in [0.25, 0.3) is 10.9 Å². The van der Waals surface area contributed by atoms with Crippen LogP contribution >= 0.6 is 0 Å². The highest BCUT2D eigenvalue weighted by atomic mass is 16.5. The van der Waals surface area contributed by atoms with E-state index in [1.165, 1.54) is 0 Å². The Morgan fingerprint density at radius 1 is 1.24 bits per heavy atom. The average Bonchev–Trinajstić information content (AvgIpc) is 2.45. The van der Waals surface area contributed by atoms with Crippen molar-refractivity contribution >= 4 is 10.9 Å². The summed E-state index contributed by atoms with van der Waals surface area (Å²) in [6.45, 7) is 4.12. The fourth-order valence-electron chi connectivity index (χ4n) is 3.02. The topological polar surface area (TPSA) is 51.6 Å². The van der Waals surface area contributed by atoms with Gasteiger partial charge in [-0.15, -0.1) is 0 Å². The van der Waals surface area contributed by atoms with Crippen LogP contribution in [0.15, 0.2) is 30.3 Å². The van der Waals surface area contributed by atoms with Crippen LogP contribution in [-0.2, 0) is 11.3 Å². The van der Waals surface area contributed by atoms with Gasteiger partial charge in [-0.2, -0.15) is 0 Å². The van der Waals surface area contributed by atoms with Crippen molar-refractivity contribution in [2.45, 2.75) is 51.6 Å². The number of fused-ring (bicyclic) bond motifs is 1. The third-order valence-corrected chi connectivity index (χ3v) is 3.89. The molecule has 21 heavy (non-hydrogen) atoms. The van der Waals surface area contributed by atoms with Gasteiger partial charge >= 0.3 is 0 Å². The predicted octanol–water partition coefficient (Wildman–Crippen LogP) is 3.06. The van der Waals surface area contributed by atoms with Gasteiger partial charge in [0.2, 0.25) is 5.88 Å². The zero-order chi connectivity index (χ0) is 14.8. The fourth-order valence-corrected chi connectivity index (χ4v) is 3.02. The molecule has 1 aliphatic rings. The molecule has 4 nitrogen and oxygen atoms in total. The molecule has 2 atom stereocenters. The fraction of sp³-hybridized carbons (Fsp3) is 0.471. The van der Waals surface area contributed by atoms with Crippen molar-refractivity contribution in [1.82, 2.24) is 4.98 Å². The van der Waals surface area contributed by atoms with Crippen molar-refractivity contribution in [2.75, 3.05) is 0 Å². The lowest BCUT2D eigenvalue weighted by atomic mass is 10.0. The van der Waals surface area contributed by atoms with E-state index in [9.17, 15) is 5.11 Å². The number of aromatic nitrogens is 1. The molecule has 1 aromatic heterocycles. The molecule has 2 heterocycles. The minimum atomic E-state index is -0.0139. The van der Waals surface area contributed by atoms with E-state index in [1.807, 2.05) is 30.3 Å². The third-order valence-electron chi connectivity index (χ3n) is 3.89. The first-order valence-corrected chi connectivity index (χ1v) is 7.47. The molecule has 0 radical (unpaired) electrons. The van der Waals surface area contributed by atoms with E-state index in [0.29, 0.717) is 5.88 Å². The number of benzene rings is 1. The standard InChI is InChI=1S/C17H21NO3/c1-11-7-14(8-12(2)20-11)21-17-9-13(10-19)15-5-3-4-6-16(15)18-17/h3-6,9,11-12,14,19H,7-8,10H2,1-2H3. The monoisotopic (exact) mass is 287 g/mol. The molecule has 0 saturated carbocycles. The van der Waals surface area contributed by atoms with Crippen molar-refractivity contribution in [1.29, 1.82) is 0 Å². The molecule has 2 unspecified atom stereocenters. The predicted molar refractivity (Wildman–Crippen MR) is 81.3 cm³/mol. The SMILES string of the molecule is CC1CC(Oc2cc(CO)c3ccccc3n2)CC(C)O1. The van der Waals surface area contributed by atoms with Gasteiger partial charge < -0.3 is 14.6 Å². The number of aliphatic hydroxyl groups is 1. The molecule has 1 saturated heterocycles. The smallest absolute Gasteiger partial charge is 0.214 e. The normalized spacial score (nSPS) is 26.0. The van der Waals surface area contributed by atoms with Gasteiger partial charge in [-0.25, -0.2) is 4.98 Å². The summed E-state index contributed by atoms with van der Waals surface area (Å²) in [5, 5.41) is 10.5. The molecule has 0 bridgehead atoms. The Labute approximate surface area is 124 Å². The van der Waals surface area contributed by atoms with Gasteiger partial charge in [0.05, 0.1) is 24.3 Å². The minimum absolute atomic E-state index is 0.0139. The largest absolute Gasteiger partial charge is 0.474 e. The van der Waals surface area contributed by atoms with Crippen LogP contribution in [0.2, 0.25) is 0 Å². The molecule has 0 spiro atoms. The molecule has 1 aromatic carbocycles. The summed E-state index contributed by atoms with van der Waals surface area (Å²) in [5.41, 5.74) is 1.70. The van der Waals surface area contributed by atoms with E-state index in [0.717, 1.165) is 29.3 Å². The van der Waals surface area contributed by atoms with Gasteiger partial charge in [0.1, 0.15) is 6.10 Å². The summed E-state index contributed by atoms with van der Waals surface area (Å²) in [6, 6.07) is 9.64. The quantitative estimate of drug-likeness (QED) is 0.942. The van der Waals surface area contributed by atoms with Gasteiger partial charge in [0, 0.05) is 24.3 Å². The van der Waals surface area contributed by atoms with Gasteiger partial charge in [-0.05, 0) is 25.5 Å². The number of nitrogens with zero attached hydrogens (tertiary/aromatic N) is 1. The van der Waals surface area contributed by atoms with E-state index in [-0.39, 0.29) is 24.9 Å². The third kappa shape index (κ3) is 3.17. The van der Waals surface area contributed by atoms with Gasteiger partial charge in [0.15, 0.2) is 0 Å². The van der Waals surface area contributed by atoms with Gasteiger partial charge in [-0.1, -0.05) is 18.2 Å². The van der Waals surface area contributed by atoms with Crippen molar-refractivity contribution in [3.8, 4) is 5.88 Å². The molecule has 112 valence electrons. The molecule has 1 aliphatic heterocycles. The van der Waals surface area contributed by atoms with Crippen molar-refractivity contribution in [2.24, 2.45) is 0 Å². The summed E-state index contributed by atoms with van der Waals surface area (Å²) in [4.78, 5) is 4.55.